The molecule has 0 saturated carbocycles. The first-order chi connectivity index (χ1) is 2.00. The van der Waals surface area contributed by atoms with Crippen molar-refractivity contribution in [3.05, 3.63) is 0 Å². The minimum Gasteiger partial charge on any atom is -1.00 e. The molecule has 0 unspecified atom stereocenters. The summed E-state index contributed by atoms with van der Waals surface area (Å²) in [6.07, 6.45) is 0. The molecule has 0 atom stereocenters. The summed E-state index contributed by atoms with van der Waals surface area (Å²) in [6.45, 7) is 0. The van der Waals surface area contributed by atoms with Gasteiger partial charge in [0.25, 0.3) is 0 Å². The molecule has 4 nitrogen and oxygen atoms in total. The molecule has 9 heteroatoms. The van der Waals surface area contributed by atoms with Crippen molar-refractivity contribution in [2.24, 2.45) is 0 Å². The Morgan fingerprint density at radius 1 is 1.00 bits per heavy atom. The van der Waals surface area contributed by atoms with Gasteiger partial charge in [-0.2, -0.15) is 0 Å². The molecule has 0 rings (SSSR count). The zero-order chi connectivity index (χ0) is 4.50. The normalized spacial score (nSPS) is 6.67. The monoisotopic (exact) mass is 212 g/mol. The first-order valence-corrected chi connectivity index (χ1v) is 2.68. The van der Waals surface area contributed by atoms with Gasteiger partial charge in [0, 0.05) is 0 Å². The van der Waals surface area contributed by atoms with Crippen LogP contribution in [-0.2, 0) is 0 Å². The van der Waals surface area contributed by atoms with Gasteiger partial charge in [-0.25, -0.2) is 0 Å². The molecule has 0 amide bonds. The van der Waals surface area contributed by atoms with Gasteiger partial charge in [0.2, 0.25) is 0 Å². The summed E-state index contributed by atoms with van der Waals surface area (Å²) in [4.78, 5) is 29.3. The molecule has 0 aromatic heterocycles. The fourth-order valence-electron chi connectivity index (χ4n) is 0. The second-order valence-electron chi connectivity index (χ2n) is 0.600. The first-order valence-electron chi connectivity index (χ1n) is 0.894. The van der Waals surface area contributed by atoms with Crippen LogP contribution in [0, 0.1) is 0 Å². The summed E-state index contributed by atoms with van der Waals surface area (Å²) in [5.74, 6) is 0. The van der Waals surface area contributed by atoms with Crippen LogP contribution >= 0.6 is 0 Å². The van der Waals surface area contributed by atoms with Gasteiger partial charge in [0.1, 0.15) is 0 Å². The van der Waals surface area contributed by atoms with E-state index >= 15 is 0 Å². The molecule has 0 aliphatic rings. The minimum atomic E-state index is -4.61. The van der Waals surface area contributed by atoms with Crippen LogP contribution in [0.3, 0.4) is 0 Å². The van der Waals surface area contributed by atoms with E-state index in [0.29, 0.717) is 0 Å². The fourth-order valence-corrected chi connectivity index (χ4v) is 0. The standard InChI is InChI=1S/Al.Ca.FH.Na.H4O4Si.6H/c;;;;1-5(2,3)4;;;;;;/h;;1H;;1-4H;;;;;;/q;+2;;+1;;;;;3*-1. The van der Waals surface area contributed by atoms with E-state index in [1.807, 2.05) is 0 Å². The Balaban J connectivity index is -0.00000000381. The Kier molecular flexibility index (Phi) is 44.3. The van der Waals surface area contributed by atoms with Crippen LogP contribution in [0.2, 0.25) is 0 Å². The third-order valence-electron chi connectivity index (χ3n) is 0. The second-order valence-corrected chi connectivity index (χ2v) is 1.80. The maximum atomic E-state index is 7.33. The van der Waals surface area contributed by atoms with Crippen LogP contribution in [0.4, 0.5) is 4.70 Å². The molecule has 0 aromatic carbocycles. The molecule has 4 N–H and O–H groups in total. The molecule has 0 radical (unpaired) electrons. The summed E-state index contributed by atoms with van der Waals surface area (Å²) < 4.78 is 0. The molecule has 9 heavy (non-hydrogen) atoms. The van der Waals surface area contributed by atoms with E-state index in [-0.39, 0.29) is 93.6 Å². The molecule has 52 valence electrons. The van der Waals surface area contributed by atoms with Gasteiger partial charge in [-0.15, -0.1) is 0 Å². The van der Waals surface area contributed by atoms with E-state index in [0.717, 1.165) is 0 Å². The van der Waals surface area contributed by atoms with Crippen molar-refractivity contribution >= 4 is 64.1 Å². The number of halogens is 1. The van der Waals surface area contributed by atoms with Crippen molar-refractivity contribution in [3.8, 4) is 0 Å². The average Bonchev–Trinajstić information content (AvgIpc) is 0.722. The van der Waals surface area contributed by atoms with Gasteiger partial charge < -0.3 is 23.5 Å². The molecule has 0 bridgehead atoms. The van der Waals surface area contributed by atoms with E-state index in [4.69, 9.17) is 19.2 Å². The van der Waals surface area contributed by atoms with Crippen molar-refractivity contribution in [1.82, 2.24) is 0 Å². The Morgan fingerprint density at radius 2 is 1.00 bits per heavy atom. The zero-order valence-electron chi connectivity index (χ0n) is 7.40. The SMILES string of the molecule is F.O[Si](O)(O)O.[AlH3].[Ca+2].[H-].[H-].[H-].[Na+]. The van der Waals surface area contributed by atoms with Gasteiger partial charge in [0.05, 0.1) is 0 Å². The van der Waals surface area contributed by atoms with E-state index in [1.54, 1.807) is 0 Å². The average molecular weight is 212 g/mol. The molecule has 0 aromatic rings. The molecule has 0 heterocycles. The van der Waals surface area contributed by atoms with Crippen LogP contribution in [0.15, 0.2) is 0 Å². The van der Waals surface area contributed by atoms with Crippen molar-refractivity contribution in [2.45, 2.75) is 0 Å². The molecular weight excluding hydrogens is 201 g/mol. The first kappa shape index (κ1) is 29.8. The Bertz CT molecular complexity index is 45.8. The van der Waals surface area contributed by atoms with Crippen LogP contribution in [0.5, 0.6) is 0 Å². The van der Waals surface area contributed by atoms with Gasteiger partial charge in [-0.05, 0) is 0 Å². The van der Waals surface area contributed by atoms with Gasteiger partial charge >= 0.3 is 76.3 Å². The number of hydrogen-bond donors (Lipinski definition) is 4. The quantitative estimate of drug-likeness (QED) is 0.301. The van der Waals surface area contributed by atoms with Crippen molar-refractivity contribution in [2.75, 3.05) is 0 Å². The topological polar surface area (TPSA) is 80.9 Å². The van der Waals surface area contributed by atoms with Crippen LogP contribution in [-0.4, -0.2) is 83.3 Å². The Morgan fingerprint density at radius 3 is 1.00 bits per heavy atom. The van der Waals surface area contributed by atoms with Crippen molar-refractivity contribution in [3.63, 3.8) is 0 Å². The summed E-state index contributed by atoms with van der Waals surface area (Å²) in [5.41, 5.74) is 0. The Labute approximate surface area is 120 Å². The molecule has 0 aliphatic carbocycles. The minimum absolute atomic E-state index is 0. The molecule has 0 spiro atoms. The van der Waals surface area contributed by atoms with Crippen LogP contribution in [0.1, 0.15) is 4.28 Å². The molecule has 0 aliphatic heterocycles. The predicted octanol–water partition coefficient (Wildman–Crippen LogP) is -6.68. The fraction of sp³-hybridized carbons (Fsp3) is 0. The molecule has 0 fully saturated rings. The summed E-state index contributed by atoms with van der Waals surface area (Å²) in [6, 6.07) is 0. The summed E-state index contributed by atoms with van der Waals surface area (Å²) in [7, 11) is -4.61. The smallest absolute Gasteiger partial charge is 1.00 e. The van der Waals surface area contributed by atoms with Gasteiger partial charge in [0.15, 0.2) is 17.4 Å². The van der Waals surface area contributed by atoms with Crippen molar-refractivity contribution in [1.29, 1.82) is 0 Å². The summed E-state index contributed by atoms with van der Waals surface area (Å²) in [5, 5.41) is 0. The second kappa shape index (κ2) is 13.4. The van der Waals surface area contributed by atoms with Gasteiger partial charge in [-0.1, -0.05) is 0 Å². The number of hydrogen-bond acceptors (Lipinski definition) is 4. The maximum absolute atomic E-state index is 7.33. The zero-order valence-corrected chi connectivity index (χ0v) is 9.61. The largest absolute Gasteiger partial charge is 2.00 e. The molecular formula is H11AlCaFNaO4Si. The van der Waals surface area contributed by atoms with Crippen LogP contribution < -0.4 is 29.6 Å². The third kappa shape index (κ3) is 108. The Hall–Kier alpha value is 2.78. The van der Waals surface area contributed by atoms with Crippen molar-refractivity contribution < 1.29 is 57.7 Å². The van der Waals surface area contributed by atoms with Crippen LogP contribution in [0.25, 0.3) is 0 Å². The van der Waals surface area contributed by atoms with E-state index < -0.39 is 9.05 Å². The summed E-state index contributed by atoms with van der Waals surface area (Å²) >= 11 is 0. The van der Waals surface area contributed by atoms with E-state index in [9.17, 15) is 0 Å². The molecule has 0 saturated heterocycles. The van der Waals surface area contributed by atoms with Gasteiger partial charge in [-0.3, -0.25) is 4.70 Å². The van der Waals surface area contributed by atoms with E-state index in [2.05, 4.69) is 0 Å². The number of rotatable bonds is 0. The third-order valence-corrected chi connectivity index (χ3v) is 0. The van der Waals surface area contributed by atoms with E-state index in [1.165, 1.54) is 0 Å². The predicted molar refractivity (Wildman–Crippen MR) is 36.2 cm³/mol. The maximum Gasteiger partial charge on any atom is 2.00 e.